The highest BCUT2D eigenvalue weighted by Crippen LogP contribution is 2.47. The minimum absolute atomic E-state index is 0.626. The van der Waals surface area contributed by atoms with Gasteiger partial charge in [0.05, 0.1) is 16.7 Å². The third-order valence-electron chi connectivity index (χ3n) is 13.0. The molecule has 4 nitrogen and oxygen atoms in total. The predicted molar refractivity (Wildman–Crippen MR) is 277 cm³/mol. The molecular formula is C59H34N4S2. The second kappa shape index (κ2) is 14.2. The van der Waals surface area contributed by atoms with E-state index < -0.39 is 0 Å². The summed E-state index contributed by atoms with van der Waals surface area (Å²) in [4.78, 5) is 15.9. The van der Waals surface area contributed by atoms with E-state index in [2.05, 4.69) is 193 Å². The maximum Gasteiger partial charge on any atom is 0.165 e. The van der Waals surface area contributed by atoms with E-state index in [0.717, 1.165) is 39.0 Å². The Kier molecular flexibility index (Phi) is 7.99. The van der Waals surface area contributed by atoms with Crippen molar-refractivity contribution in [2.45, 2.75) is 0 Å². The van der Waals surface area contributed by atoms with Crippen molar-refractivity contribution < 1.29 is 0 Å². The van der Waals surface area contributed by atoms with Crippen molar-refractivity contribution in [1.29, 1.82) is 0 Å². The van der Waals surface area contributed by atoms with Crippen molar-refractivity contribution in [2.24, 2.45) is 0 Å². The summed E-state index contributed by atoms with van der Waals surface area (Å²) in [6, 6.07) is 74.5. The Balaban J connectivity index is 1.07. The van der Waals surface area contributed by atoms with Crippen molar-refractivity contribution in [3.05, 3.63) is 206 Å². The molecule has 65 heavy (non-hydrogen) atoms. The number of benzene rings is 10. The molecule has 0 saturated carbocycles. The van der Waals surface area contributed by atoms with Crippen LogP contribution in [-0.4, -0.2) is 19.5 Å². The molecule has 0 saturated heterocycles. The minimum atomic E-state index is 0.626. The molecule has 6 heteroatoms. The first-order valence-electron chi connectivity index (χ1n) is 21.8. The average Bonchev–Trinajstić information content (AvgIpc) is 4.05. The molecule has 0 aliphatic heterocycles. The SMILES string of the molecule is c1ccc(-c2nc(-c3ccc(-n4c5ccccc5c5cc6ccccc6cc54)c(-c4cccc5sc6c7ccccc7ccc6c45)c3)nc(-c3cccc4c3sc3ccccc34)n2)cc1. The van der Waals surface area contributed by atoms with E-state index in [9.17, 15) is 0 Å². The largest absolute Gasteiger partial charge is 0.309 e. The molecule has 4 heterocycles. The lowest BCUT2D eigenvalue weighted by molar-refractivity contribution is 1.08. The molecule has 0 radical (unpaired) electrons. The Bertz CT molecular complexity index is 4250. The molecule has 302 valence electrons. The quantitative estimate of drug-likeness (QED) is 0.173. The molecule has 0 bridgehead atoms. The lowest BCUT2D eigenvalue weighted by atomic mass is 9.95. The van der Waals surface area contributed by atoms with Crippen LogP contribution >= 0.6 is 22.7 Å². The molecule has 0 aliphatic carbocycles. The zero-order valence-corrected chi connectivity index (χ0v) is 36.4. The molecule has 0 N–H and O–H groups in total. The van der Waals surface area contributed by atoms with Gasteiger partial charge in [-0.05, 0) is 81.7 Å². The number of hydrogen-bond acceptors (Lipinski definition) is 5. The minimum Gasteiger partial charge on any atom is -0.309 e. The van der Waals surface area contributed by atoms with E-state index in [1.54, 1.807) is 11.3 Å². The van der Waals surface area contributed by atoms with Gasteiger partial charge >= 0.3 is 0 Å². The first-order chi connectivity index (χ1) is 32.2. The number of rotatable bonds is 5. The van der Waals surface area contributed by atoms with Crippen LogP contribution < -0.4 is 0 Å². The summed E-state index contributed by atoms with van der Waals surface area (Å²) in [5, 5.41) is 12.4. The Morgan fingerprint density at radius 3 is 1.85 bits per heavy atom. The van der Waals surface area contributed by atoms with Crippen molar-refractivity contribution in [1.82, 2.24) is 19.5 Å². The lowest BCUT2D eigenvalue weighted by Crippen LogP contribution is -2.02. The standard InChI is InChI=1S/C59H34N4S2/c1-2-15-36(16-3-1)57-60-58(62-59(61-57)46-24-12-23-44-42-21-9-11-26-52(42)64-56(44)46)39-29-31-50(63-49-25-10-8-20-41(49)47-32-37-17-4-5-18-38(37)34-51(47)63)48(33-39)43-22-13-27-53-54(43)45-30-28-35-14-6-7-19-40(35)55(45)65-53/h1-34H. The molecule has 14 aromatic rings. The van der Waals surface area contributed by atoms with E-state index in [1.807, 2.05) is 29.5 Å². The van der Waals surface area contributed by atoms with Crippen molar-refractivity contribution >= 4 is 106 Å². The molecular weight excluding hydrogens is 829 g/mol. The van der Waals surface area contributed by atoms with Gasteiger partial charge in [0, 0.05) is 73.4 Å². The molecule has 0 atom stereocenters. The lowest BCUT2D eigenvalue weighted by Gasteiger charge is -2.17. The van der Waals surface area contributed by atoms with Gasteiger partial charge in [-0.25, -0.2) is 15.0 Å². The van der Waals surface area contributed by atoms with E-state index in [0.29, 0.717) is 17.5 Å². The maximum absolute atomic E-state index is 5.40. The highest BCUT2D eigenvalue weighted by atomic mass is 32.1. The van der Waals surface area contributed by atoms with E-state index >= 15 is 0 Å². The summed E-state index contributed by atoms with van der Waals surface area (Å²) in [7, 11) is 0. The van der Waals surface area contributed by atoms with Crippen molar-refractivity contribution in [3.63, 3.8) is 0 Å². The first kappa shape index (κ1) is 36.5. The number of nitrogens with zero attached hydrogens (tertiary/aromatic N) is 4. The van der Waals surface area contributed by atoms with Gasteiger partial charge in [-0.2, -0.15) is 0 Å². The molecule has 14 rings (SSSR count). The summed E-state index contributed by atoms with van der Waals surface area (Å²) in [5.41, 5.74) is 8.55. The van der Waals surface area contributed by atoms with Gasteiger partial charge < -0.3 is 4.57 Å². The Labute approximate surface area is 381 Å². The number of fused-ring (bicyclic) bond motifs is 12. The maximum atomic E-state index is 5.40. The van der Waals surface area contributed by atoms with Gasteiger partial charge in [-0.1, -0.05) is 152 Å². The van der Waals surface area contributed by atoms with E-state index in [1.165, 1.54) is 78.2 Å². The van der Waals surface area contributed by atoms with Gasteiger partial charge in [0.1, 0.15) is 0 Å². The zero-order chi connectivity index (χ0) is 42.6. The van der Waals surface area contributed by atoms with E-state index in [-0.39, 0.29) is 0 Å². The zero-order valence-electron chi connectivity index (χ0n) is 34.7. The fraction of sp³-hybridized carbons (Fsp3) is 0. The molecule has 0 aliphatic rings. The smallest absolute Gasteiger partial charge is 0.165 e. The summed E-state index contributed by atoms with van der Waals surface area (Å²) < 4.78 is 7.44. The number of aromatic nitrogens is 4. The third-order valence-corrected chi connectivity index (χ3v) is 15.4. The predicted octanol–water partition coefficient (Wildman–Crippen LogP) is 16.7. The van der Waals surface area contributed by atoms with Crippen LogP contribution in [0.15, 0.2) is 206 Å². The second-order valence-corrected chi connectivity index (χ2v) is 18.8. The van der Waals surface area contributed by atoms with Gasteiger partial charge in [0.2, 0.25) is 0 Å². The molecule has 10 aromatic carbocycles. The topological polar surface area (TPSA) is 43.6 Å². The average molecular weight is 863 g/mol. The van der Waals surface area contributed by atoms with Crippen LogP contribution in [0.3, 0.4) is 0 Å². The van der Waals surface area contributed by atoms with Gasteiger partial charge in [-0.3, -0.25) is 0 Å². The van der Waals surface area contributed by atoms with E-state index in [4.69, 9.17) is 15.0 Å². The van der Waals surface area contributed by atoms with Crippen LogP contribution in [0.5, 0.6) is 0 Å². The first-order valence-corrected chi connectivity index (χ1v) is 23.5. The number of hydrogen-bond donors (Lipinski definition) is 0. The van der Waals surface area contributed by atoms with Crippen molar-refractivity contribution in [2.75, 3.05) is 0 Å². The van der Waals surface area contributed by atoms with Crippen LogP contribution in [0.25, 0.3) is 135 Å². The van der Waals surface area contributed by atoms with Gasteiger partial charge in [-0.15, -0.1) is 22.7 Å². The second-order valence-electron chi connectivity index (χ2n) is 16.7. The van der Waals surface area contributed by atoms with Crippen LogP contribution in [0.4, 0.5) is 0 Å². The van der Waals surface area contributed by atoms with Crippen LogP contribution in [0.1, 0.15) is 0 Å². The van der Waals surface area contributed by atoms with Gasteiger partial charge in [0.15, 0.2) is 17.5 Å². The molecule has 0 fully saturated rings. The normalized spacial score (nSPS) is 12.0. The van der Waals surface area contributed by atoms with Crippen LogP contribution in [-0.2, 0) is 0 Å². The summed E-state index contributed by atoms with van der Waals surface area (Å²) in [5.74, 6) is 1.92. The summed E-state index contributed by atoms with van der Waals surface area (Å²) in [6.45, 7) is 0. The Morgan fingerprint density at radius 2 is 0.969 bits per heavy atom. The summed E-state index contributed by atoms with van der Waals surface area (Å²) >= 11 is 3.66. The third kappa shape index (κ3) is 5.64. The molecule has 4 aromatic heterocycles. The number of thiophene rings is 2. The highest BCUT2D eigenvalue weighted by Gasteiger charge is 2.22. The van der Waals surface area contributed by atoms with Crippen LogP contribution in [0.2, 0.25) is 0 Å². The highest BCUT2D eigenvalue weighted by molar-refractivity contribution is 7.27. The Morgan fingerprint density at radius 1 is 0.323 bits per heavy atom. The molecule has 0 spiro atoms. The fourth-order valence-corrected chi connectivity index (χ4v) is 12.5. The monoisotopic (exact) mass is 862 g/mol. The fourth-order valence-electron chi connectivity index (χ4n) is 10.0. The molecule has 0 unspecified atom stereocenters. The van der Waals surface area contributed by atoms with Gasteiger partial charge in [0.25, 0.3) is 0 Å². The number of para-hydroxylation sites is 1. The van der Waals surface area contributed by atoms with Crippen molar-refractivity contribution in [3.8, 4) is 51.0 Å². The Hall–Kier alpha value is -8.03. The molecule has 0 amide bonds. The van der Waals surface area contributed by atoms with Crippen LogP contribution in [0, 0.1) is 0 Å². The summed E-state index contributed by atoms with van der Waals surface area (Å²) in [6.07, 6.45) is 0.